The molecule has 0 bridgehead atoms. The number of rotatable bonds is 7. The Bertz CT molecular complexity index is 522. The van der Waals surface area contributed by atoms with Gasteiger partial charge in [0.1, 0.15) is 5.82 Å². The van der Waals surface area contributed by atoms with E-state index in [1.54, 1.807) is 0 Å². The largest absolute Gasteiger partial charge is 0.354 e. The molecular formula is C18H34Cl3N5O. The summed E-state index contributed by atoms with van der Waals surface area (Å²) in [6.45, 7) is 12.1. The molecule has 0 spiro atoms. The summed E-state index contributed by atoms with van der Waals surface area (Å²) in [6.07, 6.45) is 2.54. The molecule has 0 saturated carbocycles. The number of amides is 1. The van der Waals surface area contributed by atoms with Crippen molar-refractivity contribution in [2.24, 2.45) is 11.7 Å². The number of hydrogen-bond acceptors (Lipinski definition) is 5. The van der Waals surface area contributed by atoms with Crippen LogP contribution in [0.25, 0.3) is 0 Å². The van der Waals surface area contributed by atoms with Gasteiger partial charge in [0.05, 0.1) is 6.04 Å². The molecule has 158 valence electrons. The summed E-state index contributed by atoms with van der Waals surface area (Å²) in [6, 6.07) is 3.63. The molecule has 0 aromatic carbocycles. The SMILES string of the molecule is CCN1CCN(c2ccc(CNC(=O)[C@@H](N)CC(C)C)cn2)CC1.Cl.Cl.Cl. The van der Waals surface area contributed by atoms with Crippen LogP contribution in [0, 0.1) is 5.92 Å². The topological polar surface area (TPSA) is 74.5 Å². The van der Waals surface area contributed by atoms with Gasteiger partial charge in [0, 0.05) is 38.9 Å². The van der Waals surface area contributed by atoms with Crippen LogP contribution < -0.4 is 16.0 Å². The highest BCUT2D eigenvalue weighted by atomic mass is 35.5. The number of carbonyl (C=O) groups excluding carboxylic acids is 1. The third kappa shape index (κ3) is 9.30. The zero-order chi connectivity index (χ0) is 17.5. The number of aromatic nitrogens is 1. The number of anilines is 1. The molecule has 1 aromatic rings. The van der Waals surface area contributed by atoms with Gasteiger partial charge in [-0.3, -0.25) is 4.79 Å². The van der Waals surface area contributed by atoms with Gasteiger partial charge in [-0.2, -0.15) is 0 Å². The summed E-state index contributed by atoms with van der Waals surface area (Å²) < 4.78 is 0. The minimum absolute atomic E-state index is 0. The lowest BCUT2D eigenvalue weighted by molar-refractivity contribution is -0.122. The number of nitrogens with one attached hydrogen (secondary N) is 1. The lowest BCUT2D eigenvalue weighted by Crippen LogP contribution is -2.46. The summed E-state index contributed by atoms with van der Waals surface area (Å²) in [4.78, 5) is 21.3. The summed E-state index contributed by atoms with van der Waals surface area (Å²) in [5.74, 6) is 1.33. The van der Waals surface area contributed by atoms with Gasteiger partial charge >= 0.3 is 0 Å². The number of pyridine rings is 1. The molecule has 27 heavy (non-hydrogen) atoms. The highest BCUT2D eigenvalue weighted by Crippen LogP contribution is 2.14. The highest BCUT2D eigenvalue weighted by molar-refractivity contribution is 5.86. The summed E-state index contributed by atoms with van der Waals surface area (Å²) in [5, 5.41) is 2.89. The van der Waals surface area contributed by atoms with E-state index in [0.717, 1.165) is 44.1 Å². The number of likely N-dealkylation sites (N-methyl/N-ethyl adjacent to an activating group) is 1. The van der Waals surface area contributed by atoms with Crippen molar-refractivity contribution in [3.05, 3.63) is 23.9 Å². The number of halogens is 3. The predicted octanol–water partition coefficient (Wildman–Crippen LogP) is 2.48. The van der Waals surface area contributed by atoms with Crippen LogP contribution in [0.4, 0.5) is 5.82 Å². The molecule has 2 rings (SSSR count). The van der Waals surface area contributed by atoms with Gasteiger partial charge in [-0.1, -0.05) is 26.8 Å². The maximum atomic E-state index is 12.0. The van der Waals surface area contributed by atoms with E-state index >= 15 is 0 Å². The second kappa shape index (κ2) is 14.2. The van der Waals surface area contributed by atoms with Gasteiger partial charge in [-0.15, -0.1) is 37.2 Å². The van der Waals surface area contributed by atoms with Crippen molar-refractivity contribution >= 4 is 48.9 Å². The summed E-state index contributed by atoms with van der Waals surface area (Å²) >= 11 is 0. The molecule has 1 atom stereocenters. The maximum Gasteiger partial charge on any atom is 0.237 e. The molecule has 3 N–H and O–H groups in total. The van der Waals surface area contributed by atoms with E-state index in [1.165, 1.54) is 0 Å². The van der Waals surface area contributed by atoms with Crippen molar-refractivity contribution < 1.29 is 4.79 Å². The second-order valence-corrected chi connectivity index (χ2v) is 6.90. The molecular weight excluding hydrogens is 409 g/mol. The predicted molar refractivity (Wildman–Crippen MR) is 120 cm³/mol. The molecule has 1 aliphatic rings. The third-order valence-electron chi connectivity index (χ3n) is 4.48. The Morgan fingerprint density at radius 3 is 2.30 bits per heavy atom. The summed E-state index contributed by atoms with van der Waals surface area (Å²) in [5.41, 5.74) is 6.88. The van der Waals surface area contributed by atoms with Crippen molar-refractivity contribution in [2.75, 3.05) is 37.6 Å². The number of nitrogens with zero attached hydrogens (tertiary/aromatic N) is 3. The Kier molecular flexibility index (Phi) is 15.0. The Hall–Kier alpha value is -0.790. The molecule has 0 aliphatic carbocycles. The first-order chi connectivity index (χ1) is 11.5. The monoisotopic (exact) mass is 441 g/mol. The Balaban J connectivity index is 0. The first-order valence-electron chi connectivity index (χ1n) is 8.95. The van der Waals surface area contributed by atoms with Gasteiger partial charge in [0.15, 0.2) is 0 Å². The fourth-order valence-electron chi connectivity index (χ4n) is 2.94. The van der Waals surface area contributed by atoms with Gasteiger partial charge in [-0.25, -0.2) is 4.98 Å². The zero-order valence-corrected chi connectivity index (χ0v) is 18.8. The number of piperazine rings is 1. The van der Waals surface area contributed by atoms with Crippen LogP contribution >= 0.6 is 37.2 Å². The van der Waals surface area contributed by atoms with Gasteiger partial charge < -0.3 is 20.9 Å². The van der Waals surface area contributed by atoms with Gasteiger partial charge in [0.25, 0.3) is 0 Å². The molecule has 0 unspecified atom stereocenters. The molecule has 6 nitrogen and oxygen atoms in total. The van der Waals surface area contributed by atoms with E-state index in [9.17, 15) is 4.79 Å². The van der Waals surface area contributed by atoms with Gasteiger partial charge in [-0.05, 0) is 30.5 Å². The Morgan fingerprint density at radius 2 is 1.81 bits per heavy atom. The van der Waals surface area contributed by atoms with E-state index in [1.807, 2.05) is 18.3 Å². The van der Waals surface area contributed by atoms with Crippen LogP contribution in [0.15, 0.2) is 18.3 Å². The molecule has 1 fully saturated rings. The lowest BCUT2D eigenvalue weighted by Gasteiger charge is -2.34. The molecule has 1 aromatic heterocycles. The molecule has 1 amide bonds. The van der Waals surface area contributed by atoms with Crippen LogP contribution in [0.5, 0.6) is 0 Å². The maximum absolute atomic E-state index is 12.0. The zero-order valence-electron chi connectivity index (χ0n) is 16.4. The standard InChI is InChI=1S/C18H31N5O.3ClH/c1-4-22-7-9-23(10-8-22)17-6-5-15(12-20-17)13-21-18(24)16(19)11-14(2)3;;;/h5-6,12,14,16H,4,7-11,13,19H2,1-3H3,(H,21,24);3*1H/t16-;;;/m0.../s1. The first kappa shape index (κ1) is 28.4. The molecule has 0 radical (unpaired) electrons. The molecule has 9 heteroatoms. The third-order valence-corrected chi connectivity index (χ3v) is 4.48. The minimum Gasteiger partial charge on any atom is -0.354 e. The van der Waals surface area contributed by atoms with E-state index < -0.39 is 6.04 Å². The van der Waals surface area contributed by atoms with Crippen LogP contribution in [-0.4, -0.2) is 54.6 Å². The number of carbonyl (C=O) groups is 1. The van der Waals surface area contributed by atoms with Crippen LogP contribution in [0.3, 0.4) is 0 Å². The quantitative estimate of drug-likeness (QED) is 0.678. The first-order valence-corrected chi connectivity index (χ1v) is 8.95. The Labute approximate surface area is 181 Å². The average molecular weight is 443 g/mol. The van der Waals surface area contributed by atoms with Crippen LogP contribution in [-0.2, 0) is 11.3 Å². The fourth-order valence-corrected chi connectivity index (χ4v) is 2.94. The lowest BCUT2D eigenvalue weighted by atomic mass is 10.0. The highest BCUT2D eigenvalue weighted by Gasteiger charge is 2.17. The van der Waals surface area contributed by atoms with Crippen LogP contribution in [0.2, 0.25) is 0 Å². The van der Waals surface area contributed by atoms with E-state index in [-0.39, 0.29) is 43.1 Å². The molecule has 1 saturated heterocycles. The van der Waals surface area contributed by atoms with Crippen molar-refractivity contribution in [1.82, 2.24) is 15.2 Å². The van der Waals surface area contributed by atoms with Crippen molar-refractivity contribution in [1.29, 1.82) is 0 Å². The van der Waals surface area contributed by atoms with E-state index in [4.69, 9.17) is 5.73 Å². The fraction of sp³-hybridized carbons (Fsp3) is 0.667. The number of hydrogen-bond donors (Lipinski definition) is 2. The normalized spacial score (nSPS) is 15.2. The van der Waals surface area contributed by atoms with Crippen molar-refractivity contribution in [2.45, 2.75) is 39.8 Å². The second-order valence-electron chi connectivity index (χ2n) is 6.90. The van der Waals surface area contributed by atoms with Crippen molar-refractivity contribution in [3.8, 4) is 0 Å². The number of nitrogens with two attached hydrogens (primary N) is 1. The average Bonchev–Trinajstić information content (AvgIpc) is 2.59. The van der Waals surface area contributed by atoms with E-state index in [2.05, 4.69) is 40.9 Å². The van der Waals surface area contributed by atoms with Crippen molar-refractivity contribution in [3.63, 3.8) is 0 Å². The smallest absolute Gasteiger partial charge is 0.237 e. The minimum atomic E-state index is -0.438. The Morgan fingerprint density at radius 1 is 1.19 bits per heavy atom. The molecule has 1 aliphatic heterocycles. The van der Waals surface area contributed by atoms with Crippen LogP contribution in [0.1, 0.15) is 32.8 Å². The van der Waals surface area contributed by atoms with E-state index in [0.29, 0.717) is 18.9 Å². The molecule has 2 heterocycles. The summed E-state index contributed by atoms with van der Waals surface area (Å²) in [7, 11) is 0. The van der Waals surface area contributed by atoms with Gasteiger partial charge in [0.2, 0.25) is 5.91 Å².